The average Bonchev–Trinajstić information content (AvgIpc) is 0.811. The van der Waals surface area contributed by atoms with Crippen molar-refractivity contribution >= 4 is 29.6 Å². The van der Waals surface area contributed by atoms with Crippen molar-refractivity contribution in [2.45, 2.75) is 20.8 Å². The van der Waals surface area contributed by atoms with Gasteiger partial charge in [-0.1, -0.05) is 20.8 Å². The summed E-state index contributed by atoms with van der Waals surface area (Å²) >= 11 is 0. The summed E-state index contributed by atoms with van der Waals surface area (Å²) in [6.45, 7) is 6.50. The van der Waals surface area contributed by atoms with Gasteiger partial charge in [-0.15, -0.1) is 0 Å². The first-order valence-electron chi connectivity index (χ1n) is 1.73. The molecule has 1 radical (unpaired) electrons. The Balaban J connectivity index is 0. The Hall–Kier alpha value is 1.00. The monoisotopic (exact) mass is 81.1 g/mol. The maximum atomic E-state index is 2.17. The van der Waals surface area contributed by atoms with E-state index in [1.165, 1.54) is 0 Å². The molecule has 0 heterocycles. The summed E-state index contributed by atoms with van der Waals surface area (Å²) < 4.78 is 0. The second-order valence-electron chi connectivity index (χ2n) is 1.73. The topological polar surface area (TPSA) is 0 Å². The molecule has 0 fully saturated rings. The van der Waals surface area contributed by atoms with Gasteiger partial charge in [0.25, 0.3) is 0 Å². The number of hydrogen-bond acceptors (Lipinski definition) is 0. The zero-order chi connectivity index (χ0) is 3.58. The van der Waals surface area contributed by atoms with Crippen LogP contribution in [0.25, 0.3) is 0 Å². The quantitative estimate of drug-likeness (QED) is 0.385. The third-order valence-electron chi connectivity index (χ3n) is 0. The molecule has 0 atom stereocenters. The minimum absolute atomic E-state index is 0. The largest absolute Gasteiger partial charge is 0.0630 e. The smallest absolute Gasteiger partial charge is 0 e. The summed E-state index contributed by atoms with van der Waals surface area (Å²) in [5.74, 6) is 0.833. The van der Waals surface area contributed by atoms with Crippen LogP contribution in [-0.2, 0) is 0 Å². The molecule has 0 aromatic heterocycles. The van der Waals surface area contributed by atoms with E-state index in [4.69, 9.17) is 0 Å². The third-order valence-corrected chi connectivity index (χ3v) is 0. The first kappa shape index (κ1) is 9.38. The van der Waals surface area contributed by atoms with E-state index < -0.39 is 0 Å². The summed E-state index contributed by atoms with van der Waals surface area (Å²) in [6.07, 6.45) is 0. The summed E-state index contributed by atoms with van der Waals surface area (Å²) in [7, 11) is 0. The van der Waals surface area contributed by atoms with Gasteiger partial charge in [-0.2, -0.15) is 0 Å². The van der Waals surface area contributed by atoms with Crippen LogP contribution in [-0.4, -0.2) is 29.6 Å². The second-order valence-corrected chi connectivity index (χ2v) is 1.73. The molecule has 0 aromatic rings. The minimum Gasteiger partial charge on any atom is -0.0630 e. The number of hydrogen-bond donors (Lipinski definition) is 0. The SMILES string of the molecule is CC(C)C.[Na]. The first-order chi connectivity index (χ1) is 1.73. The van der Waals surface area contributed by atoms with Crippen LogP contribution in [0.1, 0.15) is 20.8 Å². The third kappa shape index (κ3) is 45.0. The standard InChI is InChI=1S/C4H10.Na/c1-4(2)3;/h4H,1-3H3;. The second kappa shape index (κ2) is 5.00. The summed E-state index contributed by atoms with van der Waals surface area (Å²) in [6, 6.07) is 0. The van der Waals surface area contributed by atoms with Gasteiger partial charge in [0.1, 0.15) is 0 Å². The van der Waals surface area contributed by atoms with E-state index in [0.717, 1.165) is 5.92 Å². The van der Waals surface area contributed by atoms with E-state index >= 15 is 0 Å². The first-order valence-corrected chi connectivity index (χ1v) is 1.73. The molecule has 1 heteroatoms. The summed E-state index contributed by atoms with van der Waals surface area (Å²) in [5.41, 5.74) is 0. The van der Waals surface area contributed by atoms with E-state index in [9.17, 15) is 0 Å². The van der Waals surface area contributed by atoms with Crippen molar-refractivity contribution in [2.75, 3.05) is 0 Å². The van der Waals surface area contributed by atoms with Gasteiger partial charge in [-0.05, 0) is 5.92 Å². The Morgan fingerprint density at radius 1 is 1.00 bits per heavy atom. The van der Waals surface area contributed by atoms with Crippen molar-refractivity contribution in [1.29, 1.82) is 0 Å². The van der Waals surface area contributed by atoms with E-state index in [2.05, 4.69) is 20.8 Å². The molecule has 0 unspecified atom stereocenters. The van der Waals surface area contributed by atoms with Crippen LogP contribution in [0, 0.1) is 5.92 Å². The van der Waals surface area contributed by atoms with Gasteiger partial charge >= 0.3 is 0 Å². The van der Waals surface area contributed by atoms with Crippen molar-refractivity contribution in [3.8, 4) is 0 Å². The van der Waals surface area contributed by atoms with Crippen LogP contribution in [0.5, 0.6) is 0 Å². The molecule has 0 N–H and O–H groups in total. The van der Waals surface area contributed by atoms with Crippen molar-refractivity contribution in [3.63, 3.8) is 0 Å². The van der Waals surface area contributed by atoms with Gasteiger partial charge in [0.05, 0.1) is 0 Å². The Labute approximate surface area is 56.2 Å². The summed E-state index contributed by atoms with van der Waals surface area (Å²) in [5, 5.41) is 0. The minimum atomic E-state index is 0. The molecule has 0 nitrogen and oxygen atoms in total. The molecule has 0 saturated carbocycles. The number of rotatable bonds is 0. The predicted molar refractivity (Wildman–Crippen MR) is 26.3 cm³/mol. The molecular formula is C4H10Na. The molecule has 0 bridgehead atoms. The van der Waals surface area contributed by atoms with Crippen LogP contribution in [0.15, 0.2) is 0 Å². The van der Waals surface area contributed by atoms with Gasteiger partial charge in [0.2, 0.25) is 0 Å². The molecule has 0 spiro atoms. The Bertz CT molecular complexity index is 8.36. The van der Waals surface area contributed by atoms with Crippen molar-refractivity contribution in [2.24, 2.45) is 5.92 Å². The molecular weight excluding hydrogens is 71.0 g/mol. The maximum absolute atomic E-state index is 2.17. The van der Waals surface area contributed by atoms with Crippen LogP contribution >= 0.6 is 0 Å². The molecule has 0 aliphatic rings. The molecule has 27 valence electrons. The molecule has 0 saturated heterocycles. The van der Waals surface area contributed by atoms with Crippen LogP contribution in [0.4, 0.5) is 0 Å². The van der Waals surface area contributed by atoms with Crippen LogP contribution < -0.4 is 0 Å². The zero-order valence-electron chi connectivity index (χ0n) is 4.58. The fourth-order valence-corrected chi connectivity index (χ4v) is 0. The van der Waals surface area contributed by atoms with Gasteiger partial charge in [-0.25, -0.2) is 0 Å². The van der Waals surface area contributed by atoms with E-state index in [1.54, 1.807) is 0 Å². The van der Waals surface area contributed by atoms with E-state index in [-0.39, 0.29) is 29.6 Å². The molecule has 0 aromatic carbocycles. The van der Waals surface area contributed by atoms with Gasteiger partial charge in [0, 0.05) is 29.6 Å². The predicted octanol–water partition coefficient (Wildman–Crippen LogP) is 1.28. The molecule has 5 heavy (non-hydrogen) atoms. The van der Waals surface area contributed by atoms with Gasteiger partial charge < -0.3 is 0 Å². The molecule has 0 amide bonds. The Morgan fingerprint density at radius 2 is 1.00 bits per heavy atom. The van der Waals surface area contributed by atoms with Crippen molar-refractivity contribution in [3.05, 3.63) is 0 Å². The van der Waals surface area contributed by atoms with Crippen LogP contribution in [0.3, 0.4) is 0 Å². The molecule has 0 aliphatic heterocycles. The zero-order valence-corrected chi connectivity index (χ0v) is 6.58. The normalized spacial score (nSPS) is 7.20. The maximum Gasteiger partial charge on any atom is 0 e. The van der Waals surface area contributed by atoms with E-state index in [0.29, 0.717) is 0 Å². The fraction of sp³-hybridized carbons (Fsp3) is 1.00. The fourth-order valence-electron chi connectivity index (χ4n) is 0. The van der Waals surface area contributed by atoms with Gasteiger partial charge in [0.15, 0.2) is 0 Å². The summed E-state index contributed by atoms with van der Waals surface area (Å²) in [4.78, 5) is 0. The van der Waals surface area contributed by atoms with Crippen LogP contribution in [0.2, 0.25) is 0 Å². The van der Waals surface area contributed by atoms with E-state index in [1.807, 2.05) is 0 Å². The Morgan fingerprint density at radius 3 is 1.00 bits per heavy atom. The van der Waals surface area contributed by atoms with Crippen molar-refractivity contribution < 1.29 is 0 Å². The van der Waals surface area contributed by atoms with Gasteiger partial charge in [-0.3, -0.25) is 0 Å². The average molecular weight is 81.1 g/mol. The molecule has 0 rings (SSSR count). The Kier molecular flexibility index (Phi) is 9.38. The molecule has 0 aliphatic carbocycles. The van der Waals surface area contributed by atoms with Crippen molar-refractivity contribution in [1.82, 2.24) is 0 Å².